The second-order valence-electron chi connectivity index (χ2n) is 3.17. The van der Waals surface area contributed by atoms with E-state index in [4.69, 9.17) is 4.74 Å². The maximum atomic E-state index is 11.6. The summed E-state index contributed by atoms with van der Waals surface area (Å²) in [5, 5.41) is 1.91. The first-order valence-electron chi connectivity index (χ1n) is 4.89. The molecule has 2 rings (SSSR count). The monoisotopic (exact) mass is 202 g/mol. The molecule has 0 unspecified atom stereocenters. The average Bonchev–Trinajstić information content (AvgIpc) is 2.28. The van der Waals surface area contributed by atoms with E-state index in [1.165, 1.54) is 0 Å². The van der Waals surface area contributed by atoms with Gasteiger partial charge >= 0.3 is 5.97 Å². The number of pyridine rings is 1. The fourth-order valence-electron chi connectivity index (χ4n) is 1.55. The molecule has 1 aromatic carbocycles. The van der Waals surface area contributed by atoms with Crippen LogP contribution in [0.4, 0.5) is 0 Å². The Balaban J connectivity index is 2.56. The lowest BCUT2D eigenvalue weighted by Gasteiger charge is -2.03. The summed E-state index contributed by atoms with van der Waals surface area (Å²) in [6.45, 7) is 2.20. The second kappa shape index (κ2) is 4.09. The normalized spacial score (nSPS) is 10.2. The van der Waals surface area contributed by atoms with E-state index in [9.17, 15) is 4.79 Å². The van der Waals surface area contributed by atoms with Crippen LogP contribution in [-0.4, -0.2) is 12.6 Å². The van der Waals surface area contributed by atoms with Crippen LogP contribution < -0.4 is 4.98 Å². The van der Waals surface area contributed by atoms with Crippen LogP contribution in [0.2, 0.25) is 0 Å². The SMILES string of the molecule is CCOC(=O)c1cccc2c[nH+]ccc12. The highest BCUT2D eigenvalue weighted by Gasteiger charge is 2.10. The van der Waals surface area contributed by atoms with Crippen LogP contribution in [0.15, 0.2) is 36.7 Å². The Bertz CT molecular complexity index is 488. The summed E-state index contributed by atoms with van der Waals surface area (Å²) in [6.07, 6.45) is 3.66. The second-order valence-corrected chi connectivity index (χ2v) is 3.17. The van der Waals surface area contributed by atoms with Gasteiger partial charge in [-0.3, -0.25) is 0 Å². The van der Waals surface area contributed by atoms with Crippen LogP contribution in [0.3, 0.4) is 0 Å². The number of H-pyrrole nitrogens is 1. The molecule has 3 heteroatoms. The van der Waals surface area contributed by atoms with Gasteiger partial charge in [0.15, 0.2) is 12.4 Å². The van der Waals surface area contributed by atoms with E-state index in [2.05, 4.69) is 4.98 Å². The number of hydrogen-bond donors (Lipinski definition) is 0. The van der Waals surface area contributed by atoms with Gasteiger partial charge in [-0.15, -0.1) is 0 Å². The van der Waals surface area contributed by atoms with Crippen LogP contribution in [0.25, 0.3) is 10.8 Å². The first-order chi connectivity index (χ1) is 7.33. The molecule has 0 fully saturated rings. The molecule has 2 aromatic rings. The molecule has 0 aliphatic rings. The fraction of sp³-hybridized carbons (Fsp3) is 0.167. The van der Waals surface area contributed by atoms with Crippen molar-refractivity contribution in [2.24, 2.45) is 0 Å². The summed E-state index contributed by atoms with van der Waals surface area (Å²) < 4.78 is 4.99. The number of nitrogens with one attached hydrogen (secondary N) is 1. The Labute approximate surface area is 87.7 Å². The molecule has 0 radical (unpaired) electrons. The van der Waals surface area contributed by atoms with Crippen LogP contribution in [-0.2, 0) is 4.74 Å². The van der Waals surface area contributed by atoms with Crippen molar-refractivity contribution in [2.75, 3.05) is 6.61 Å². The third-order valence-electron chi connectivity index (χ3n) is 2.22. The number of benzene rings is 1. The van der Waals surface area contributed by atoms with Crippen molar-refractivity contribution in [1.82, 2.24) is 0 Å². The van der Waals surface area contributed by atoms with E-state index >= 15 is 0 Å². The van der Waals surface area contributed by atoms with Gasteiger partial charge in [0.1, 0.15) is 0 Å². The quantitative estimate of drug-likeness (QED) is 0.697. The predicted molar refractivity (Wildman–Crippen MR) is 56.5 cm³/mol. The predicted octanol–water partition coefficient (Wildman–Crippen LogP) is 1.83. The summed E-state index contributed by atoms with van der Waals surface area (Å²) in [6, 6.07) is 7.46. The maximum absolute atomic E-state index is 11.6. The largest absolute Gasteiger partial charge is 0.462 e. The van der Waals surface area contributed by atoms with Gasteiger partial charge < -0.3 is 4.74 Å². The third-order valence-corrected chi connectivity index (χ3v) is 2.22. The summed E-state index contributed by atoms with van der Waals surface area (Å²) in [4.78, 5) is 14.6. The van der Waals surface area contributed by atoms with Crippen molar-refractivity contribution in [2.45, 2.75) is 6.92 Å². The number of aromatic nitrogens is 1. The lowest BCUT2D eigenvalue weighted by molar-refractivity contribution is -0.375. The fourth-order valence-corrected chi connectivity index (χ4v) is 1.55. The van der Waals surface area contributed by atoms with E-state index in [0.717, 1.165) is 10.8 Å². The summed E-state index contributed by atoms with van der Waals surface area (Å²) in [7, 11) is 0. The highest BCUT2D eigenvalue weighted by Crippen LogP contribution is 2.17. The topological polar surface area (TPSA) is 40.4 Å². The number of carbonyl (C=O) groups excluding carboxylic acids is 1. The molecule has 0 atom stereocenters. The Morgan fingerprint density at radius 1 is 1.40 bits per heavy atom. The molecule has 15 heavy (non-hydrogen) atoms. The average molecular weight is 202 g/mol. The molecule has 1 heterocycles. The molecule has 0 bridgehead atoms. The Hall–Kier alpha value is -1.90. The van der Waals surface area contributed by atoms with Crippen molar-refractivity contribution in [1.29, 1.82) is 0 Å². The van der Waals surface area contributed by atoms with Gasteiger partial charge in [0, 0.05) is 16.8 Å². The van der Waals surface area contributed by atoms with E-state index < -0.39 is 0 Å². The number of rotatable bonds is 2. The van der Waals surface area contributed by atoms with Crippen LogP contribution in [0.1, 0.15) is 17.3 Å². The molecule has 1 aromatic heterocycles. The van der Waals surface area contributed by atoms with Crippen molar-refractivity contribution in [3.05, 3.63) is 42.2 Å². The van der Waals surface area contributed by atoms with Crippen molar-refractivity contribution >= 4 is 16.7 Å². The van der Waals surface area contributed by atoms with Crippen LogP contribution in [0.5, 0.6) is 0 Å². The molecule has 0 aliphatic carbocycles. The van der Waals surface area contributed by atoms with E-state index in [0.29, 0.717) is 12.2 Å². The van der Waals surface area contributed by atoms with Crippen LogP contribution in [0, 0.1) is 0 Å². The zero-order chi connectivity index (χ0) is 10.7. The summed E-state index contributed by atoms with van der Waals surface area (Å²) in [5.41, 5.74) is 0.614. The Kier molecular flexibility index (Phi) is 2.63. The summed E-state index contributed by atoms with van der Waals surface area (Å²) in [5.74, 6) is -0.269. The number of esters is 1. The van der Waals surface area contributed by atoms with Gasteiger partial charge in [-0.2, -0.15) is 0 Å². The number of carbonyl (C=O) groups is 1. The van der Waals surface area contributed by atoms with Gasteiger partial charge in [0.2, 0.25) is 0 Å². The molecule has 0 spiro atoms. The molecule has 0 saturated heterocycles. The van der Waals surface area contributed by atoms with Gasteiger partial charge in [-0.25, -0.2) is 9.78 Å². The minimum absolute atomic E-state index is 0.269. The number of ether oxygens (including phenoxy) is 1. The minimum Gasteiger partial charge on any atom is -0.462 e. The molecule has 0 aliphatic heterocycles. The zero-order valence-electron chi connectivity index (χ0n) is 8.49. The lowest BCUT2D eigenvalue weighted by Crippen LogP contribution is -2.06. The van der Waals surface area contributed by atoms with E-state index in [1.807, 2.05) is 24.4 Å². The lowest BCUT2D eigenvalue weighted by atomic mass is 10.1. The Morgan fingerprint density at radius 2 is 2.27 bits per heavy atom. The van der Waals surface area contributed by atoms with Gasteiger partial charge in [0.25, 0.3) is 0 Å². The van der Waals surface area contributed by atoms with Crippen molar-refractivity contribution in [3.63, 3.8) is 0 Å². The first kappa shape index (κ1) is 9.65. The van der Waals surface area contributed by atoms with Gasteiger partial charge in [-0.05, 0) is 19.1 Å². The highest BCUT2D eigenvalue weighted by atomic mass is 16.5. The molecular formula is C12H12NO2+. The zero-order valence-corrected chi connectivity index (χ0v) is 8.49. The van der Waals surface area contributed by atoms with E-state index in [1.54, 1.807) is 19.2 Å². The highest BCUT2D eigenvalue weighted by molar-refractivity contribution is 6.03. The molecule has 0 amide bonds. The van der Waals surface area contributed by atoms with E-state index in [-0.39, 0.29) is 5.97 Å². The number of hydrogen-bond acceptors (Lipinski definition) is 2. The smallest absolute Gasteiger partial charge is 0.338 e. The minimum atomic E-state index is -0.269. The number of fused-ring (bicyclic) bond motifs is 1. The molecule has 3 nitrogen and oxygen atoms in total. The molecular weight excluding hydrogens is 190 g/mol. The van der Waals surface area contributed by atoms with Crippen molar-refractivity contribution in [3.8, 4) is 0 Å². The van der Waals surface area contributed by atoms with Gasteiger partial charge in [-0.1, -0.05) is 6.07 Å². The number of aromatic amines is 1. The maximum Gasteiger partial charge on any atom is 0.338 e. The van der Waals surface area contributed by atoms with Gasteiger partial charge in [0.05, 0.1) is 12.2 Å². The first-order valence-corrected chi connectivity index (χ1v) is 4.89. The summed E-state index contributed by atoms with van der Waals surface area (Å²) >= 11 is 0. The Morgan fingerprint density at radius 3 is 3.07 bits per heavy atom. The standard InChI is InChI=1S/C12H11NO2/c1-2-15-12(14)11-5-3-4-9-8-13-7-6-10(9)11/h3-8H,2H2,1H3/p+1. The molecule has 1 N–H and O–H groups in total. The molecule has 76 valence electrons. The molecule has 0 saturated carbocycles. The van der Waals surface area contributed by atoms with Crippen LogP contribution >= 0.6 is 0 Å². The third kappa shape index (κ3) is 1.81. The van der Waals surface area contributed by atoms with Crippen molar-refractivity contribution < 1.29 is 14.5 Å².